The van der Waals surface area contributed by atoms with Crippen LogP contribution in [0.25, 0.3) is 11.0 Å². The third-order valence-corrected chi connectivity index (χ3v) is 4.74. The highest BCUT2D eigenvalue weighted by Crippen LogP contribution is 2.20. The minimum Gasteiger partial charge on any atom is -0.497 e. The predicted octanol–water partition coefficient (Wildman–Crippen LogP) is 4.06. The quantitative estimate of drug-likeness (QED) is 0.456. The molecule has 1 aromatic heterocycles. The van der Waals surface area contributed by atoms with E-state index in [0.29, 0.717) is 18.9 Å². The molecule has 1 N–H and O–H groups in total. The number of benzene rings is 3. The van der Waals surface area contributed by atoms with E-state index in [2.05, 4.69) is 0 Å². The van der Waals surface area contributed by atoms with Gasteiger partial charge >= 0.3 is 0 Å². The van der Waals surface area contributed by atoms with Gasteiger partial charge in [0.15, 0.2) is 0 Å². The second kappa shape index (κ2) is 9.33. The summed E-state index contributed by atoms with van der Waals surface area (Å²) in [6.07, 6.45) is -0.708. The Hall–Kier alpha value is -3.51. The first kappa shape index (κ1) is 19.8. The number of ether oxygens (including phenoxy) is 3. The van der Waals surface area contributed by atoms with Gasteiger partial charge in [-0.1, -0.05) is 30.3 Å². The van der Waals surface area contributed by atoms with Crippen LogP contribution in [0.5, 0.6) is 17.2 Å². The second-order valence-corrected chi connectivity index (χ2v) is 6.87. The Morgan fingerprint density at radius 2 is 1.50 bits per heavy atom. The first-order valence-electron chi connectivity index (χ1n) is 9.80. The predicted molar refractivity (Wildman–Crippen MR) is 115 cm³/mol. The Bertz CT molecular complexity index is 1080. The summed E-state index contributed by atoms with van der Waals surface area (Å²) < 4.78 is 18.7. The van der Waals surface area contributed by atoms with E-state index < -0.39 is 6.10 Å². The van der Waals surface area contributed by atoms with E-state index in [0.717, 1.165) is 28.4 Å². The second-order valence-electron chi connectivity index (χ2n) is 6.87. The summed E-state index contributed by atoms with van der Waals surface area (Å²) >= 11 is 0. The molecule has 6 nitrogen and oxygen atoms in total. The first-order valence-corrected chi connectivity index (χ1v) is 9.80. The van der Waals surface area contributed by atoms with Crippen molar-refractivity contribution in [2.75, 3.05) is 13.7 Å². The Morgan fingerprint density at radius 1 is 0.833 bits per heavy atom. The van der Waals surface area contributed by atoms with Crippen molar-refractivity contribution in [3.05, 3.63) is 84.7 Å². The number of methoxy groups -OCH3 is 1. The largest absolute Gasteiger partial charge is 0.497 e. The van der Waals surface area contributed by atoms with E-state index in [-0.39, 0.29) is 6.61 Å². The van der Waals surface area contributed by atoms with Gasteiger partial charge in [0, 0.05) is 0 Å². The fourth-order valence-electron chi connectivity index (χ4n) is 3.23. The summed E-state index contributed by atoms with van der Waals surface area (Å²) in [6, 6.07) is 24.8. The van der Waals surface area contributed by atoms with Gasteiger partial charge in [-0.2, -0.15) is 0 Å². The molecule has 0 amide bonds. The minimum atomic E-state index is -0.708. The fraction of sp³-hybridized carbons (Fsp3) is 0.208. The average molecular weight is 404 g/mol. The van der Waals surface area contributed by atoms with Gasteiger partial charge in [-0.25, -0.2) is 4.98 Å². The number of nitrogens with zero attached hydrogens (tertiary/aromatic N) is 2. The maximum atomic E-state index is 10.6. The molecule has 0 aliphatic carbocycles. The SMILES string of the molecule is COc1ccc(OCC(O)Cn2c(COc3ccccc3)nc3ccccc32)cc1. The van der Waals surface area contributed by atoms with Gasteiger partial charge in [0.25, 0.3) is 0 Å². The number of aliphatic hydroxyl groups is 1. The van der Waals surface area contributed by atoms with Crippen LogP contribution in [0.2, 0.25) is 0 Å². The van der Waals surface area contributed by atoms with Crippen molar-refractivity contribution in [2.45, 2.75) is 19.3 Å². The number of aliphatic hydroxyl groups excluding tert-OH is 1. The Kier molecular flexibility index (Phi) is 6.15. The molecule has 30 heavy (non-hydrogen) atoms. The molecule has 0 fully saturated rings. The van der Waals surface area contributed by atoms with Crippen LogP contribution in [-0.2, 0) is 13.2 Å². The van der Waals surface area contributed by atoms with Crippen LogP contribution in [-0.4, -0.2) is 34.5 Å². The molecule has 4 aromatic rings. The molecule has 0 aliphatic rings. The molecule has 0 bridgehead atoms. The Morgan fingerprint density at radius 3 is 2.27 bits per heavy atom. The molecular weight excluding hydrogens is 380 g/mol. The third kappa shape index (κ3) is 4.72. The van der Waals surface area contributed by atoms with Crippen molar-refractivity contribution >= 4 is 11.0 Å². The number of hydrogen-bond donors (Lipinski definition) is 1. The van der Waals surface area contributed by atoms with Crippen molar-refractivity contribution < 1.29 is 19.3 Å². The lowest BCUT2D eigenvalue weighted by molar-refractivity contribution is 0.0917. The normalized spacial score (nSPS) is 11.9. The maximum Gasteiger partial charge on any atom is 0.148 e. The molecule has 4 rings (SSSR count). The first-order chi connectivity index (χ1) is 14.7. The molecule has 154 valence electrons. The third-order valence-electron chi connectivity index (χ3n) is 4.74. The number of fused-ring (bicyclic) bond motifs is 1. The topological polar surface area (TPSA) is 65.7 Å². The molecule has 0 saturated carbocycles. The van der Waals surface area contributed by atoms with Gasteiger partial charge in [0.1, 0.15) is 42.4 Å². The van der Waals surface area contributed by atoms with E-state index in [4.69, 9.17) is 19.2 Å². The number of rotatable bonds is 9. The molecule has 1 heterocycles. The van der Waals surface area contributed by atoms with Crippen LogP contribution in [0.4, 0.5) is 0 Å². The number of para-hydroxylation sites is 3. The zero-order valence-corrected chi connectivity index (χ0v) is 16.8. The van der Waals surface area contributed by atoms with Gasteiger partial charge in [-0.3, -0.25) is 0 Å². The summed E-state index contributed by atoms with van der Waals surface area (Å²) in [4.78, 5) is 4.69. The smallest absolute Gasteiger partial charge is 0.148 e. The molecule has 0 spiro atoms. The van der Waals surface area contributed by atoms with E-state index in [1.807, 2.05) is 83.4 Å². The molecule has 0 saturated heterocycles. The van der Waals surface area contributed by atoms with Gasteiger partial charge in [-0.05, 0) is 48.5 Å². The van der Waals surface area contributed by atoms with E-state index in [1.165, 1.54) is 0 Å². The molecule has 1 unspecified atom stereocenters. The van der Waals surface area contributed by atoms with E-state index in [9.17, 15) is 5.11 Å². The summed E-state index contributed by atoms with van der Waals surface area (Å²) in [5.74, 6) is 2.97. The Balaban J connectivity index is 1.46. The van der Waals surface area contributed by atoms with Crippen LogP contribution in [0, 0.1) is 0 Å². The summed E-state index contributed by atoms with van der Waals surface area (Å²) in [6.45, 7) is 0.826. The number of imidazole rings is 1. The van der Waals surface area contributed by atoms with Gasteiger partial charge in [-0.15, -0.1) is 0 Å². The van der Waals surface area contributed by atoms with Crippen molar-refractivity contribution in [3.63, 3.8) is 0 Å². The van der Waals surface area contributed by atoms with Crippen LogP contribution in [0.3, 0.4) is 0 Å². The molecule has 3 aromatic carbocycles. The highest BCUT2D eigenvalue weighted by molar-refractivity contribution is 5.75. The van der Waals surface area contributed by atoms with Crippen molar-refractivity contribution in [1.82, 2.24) is 9.55 Å². The maximum absolute atomic E-state index is 10.6. The molecule has 0 radical (unpaired) electrons. The Labute approximate surface area is 175 Å². The lowest BCUT2D eigenvalue weighted by Gasteiger charge is -2.16. The highest BCUT2D eigenvalue weighted by atomic mass is 16.5. The van der Waals surface area contributed by atoms with Crippen LogP contribution in [0.1, 0.15) is 5.82 Å². The molecule has 6 heteroatoms. The summed E-state index contributed by atoms with van der Waals surface area (Å²) in [5.41, 5.74) is 1.82. The van der Waals surface area contributed by atoms with Crippen LogP contribution >= 0.6 is 0 Å². The zero-order valence-electron chi connectivity index (χ0n) is 16.8. The van der Waals surface area contributed by atoms with Crippen molar-refractivity contribution in [1.29, 1.82) is 0 Å². The lowest BCUT2D eigenvalue weighted by Crippen LogP contribution is -2.25. The van der Waals surface area contributed by atoms with Gasteiger partial charge in [0.05, 0.1) is 24.7 Å². The zero-order chi connectivity index (χ0) is 20.8. The minimum absolute atomic E-state index is 0.165. The monoisotopic (exact) mass is 404 g/mol. The summed E-state index contributed by atoms with van der Waals surface area (Å²) in [5, 5.41) is 10.6. The molecule has 0 aliphatic heterocycles. The van der Waals surface area contributed by atoms with Gasteiger partial charge in [0.2, 0.25) is 0 Å². The van der Waals surface area contributed by atoms with Crippen LogP contribution < -0.4 is 14.2 Å². The van der Waals surface area contributed by atoms with Gasteiger partial charge < -0.3 is 23.9 Å². The number of aromatic nitrogens is 2. The molecule has 1 atom stereocenters. The van der Waals surface area contributed by atoms with Crippen LogP contribution in [0.15, 0.2) is 78.9 Å². The van der Waals surface area contributed by atoms with E-state index in [1.54, 1.807) is 7.11 Å². The highest BCUT2D eigenvalue weighted by Gasteiger charge is 2.15. The average Bonchev–Trinajstić information content (AvgIpc) is 3.14. The lowest BCUT2D eigenvalue weighted by atomic mass is 10.3. The standard InChI is InChI=1S/C24H24N2O4/c1-28-19-11-13-21(14-12-19)29-16-18(27)15-26-23-10-6-5-9-22(23)25-24(26)17-30-20-7-3-2-4-8-20/h2-14,18,27H,15-17H2,1H3. The van der Waals surface area contributed by atoms with Crippen molar-refractivity contribution in [2.24, 2.45) is 0 Å². The number of hydrogen-bond acceptors (Lipinski definition) is 5. The summed E-state index contributed by atoms with van der Waals surface area (Å²) in [7, 11) is 1.62. The molecular formula is C24H24N2O4. The van der Waals surface area contributed by atoms with Crippen molar-refractivity contribution in [3.8, 4) is 17.2 Å². The fourth-order valence-corrected chi connectivity index (χ4v) is 3.23. The van der Waals surface area contributed by atoms with E-state index >= 15 is 0 Å².